The van der Waals surface area contributed by atoms with E-state index in [9.17, 15) is 17.3 Å². The third-order valence-electron chi connectivity index (χ3n) is 3.84. The predicted octanol–water partition coefficient (Wildman–Crippen LogP) is 3.29. The highest BCUT2D eigenvalue weighted by molar-refractivity contribution is 6.50. The molecule has 0 spiro atoms. The molecule has 1 aliphatic heterocycles. The lowest BCUT2D eigenvalue weighted by Crippen LogP contribution is -2.41. The van der Waals surface area contributed by atoms with Crippen LogP contribution >= 0.6 is 0 Å². The minimum Gasteiger partial charge on any atom is -0.418 e. The number of halogens is 4. The summed E-state index contributed by atoms with van der Waals surface area (Å²) in [5.74, 6) is 1.34. The van der Waals surface area contributed by atoms with E-state index in [1.54, 1.807) is 0 Å². The van der Waals surface area contributed by atoms with Crippen molar-refractivity contribution >= 4 is 24.2 Å². The van der Waals surface area contributed by atoms with Crippen molar-refractivity contribution in [2.45, 2.75) is 19.3 Å². The van der Waals surface area contributed by atoms with Crippen molar-refractivity contribution in [3.8, 4) is 0 Å². The molecule has 0 unspecified atom stereocenters. The van der Waals surface area contributed by atoms with Crippen LogP contribution in [0.2, 0.25) is 0 Å². The smallest absolute Gasteiger partial charge is 0.418 e. The van der Waals surface area contributed by atoms with Gasteiger partial charge in [-0.25, -0.2) is 9.13 Å². The number of fused-ring (bicyclic) bond motifs is 1. The molecule has 8 heteroatoms. The van der Waals surface area contributed by atoms with Crippen molar-refractivity contribution in [3.63, 3.8) is 0 Å². The van der Waals surface area contributed by atoms with Gasteiger partial charge in [0.2, 0.25) is 0 Å². The number of aryl methyl sites for hydroxylation is 2. The van der Waals surface area contributed by atoms with Gasteiger partial charge < -0.3 is 17.3 Å². The molecule has 1 fully saturated rings. The van der Waals surface area contributed by atoms with Crippen LogP contribution in [0.25, 0.3) is 11.0 Å². The van der Waals surface area contributed by atoms with Crippen LogP contribution in [0, 0.1) is 0 Å². The average molecular weight is 317 g/mol. The topological polar surface area (TPSA) is 12.1 Å². The molecule has 0 atom stereocenters. The van der Waals surface area contributed by atoms with Gasteiger partial charge in [-0.1, -0.05) is 12.1 Å². The van der Waals surface area contributed by atoms with Crippen LogP contribution < -0.4 is 9.47 Å². The number of imidazole rings is 1. The maximum absolute atomic E-state index is 9.75. The molecule has 3 rings (SSSR count). The second-order valence-corrected chi connectivity index (χ2v) is 5.45. The SMILES string of the molecule is Cn1c(N2CCCCC2)[n+](C)c2ccccc21.F[B-](F)(F)F. The Labute approximate surface area is 127 Å². The molecule has 1 aromatic carbocycles. The average Bonchev–Trinajstić information content (AvgIpc) is 2.71. The summed E-state index contributed by atoms with van der Waals surface area (Å²) in [5.41, 5.74) is 2.63. The van der Waals surface area contributed by atoms with Gasteiger partial charge in [0.25, 0.3) is 0 Å². The minimum absolute atomic E-state index is 1.19. The first kappa shape index (κ1) is 16.6. The number of rotatable bonds is 1. The molecular formula is C14H20BF4N3. The molecule has 122 valence electrons. The normalized spacial score (nSPS) is 15.6. The molecule has 0 bridgehead atoms. The fourth-order valence-corrected chi connectivity index (χ4v) is 2.99. The number of hydrogen-bond acceptors (Lipinski definition) is 1. The first-order valence-corrected chi connectivity index (χ1v) is 7.35. The highest BCUT2D eigenvalue weighted by atomic mass is 19.5. The number of nitrogens with zero attached hydrogens (tertiary/aromatic N) is 3. The van der Waals surface area contributed by atoms with Crippen LogP contribution in [-0.4, -0.2) is 24.9 Å². The molecule has 1 aromatic heterocycles. The highest BCUT2D eigenvalue weighted by Crippen LogP contribution is 2.21. The Kier molecular flexibility index (Phi) is 4.98. The Bertz CT molecular complexity index is 588. The summed E-state index contributed by atoms with van der Waals surface area (Å²) in [6, 6.07) is 8.62. The van der Waals surface area contributed by atoms with Crippen LogP contribution in [0.1, 0.15) is 19.3 Å². The second kappa shape index (κ2) is 6.58. The van der Waals surface area contributed by atoms with E-state index in [0.717, 1.165) is 0 Å². The van der Waals surface area contributed by atoms with Crippen LogP contribution in [0.4, 0.5) is 23.2 Å². The monoisotopic (exact) mass is 317 g/mol. The lowest BCUT2D eigenvalue weighted by atomic mass is 10.1. The summed E-state index contributed by atoms with van der Waals surface area (Å²) >= 11 is 0. The van der Waals surface area contributed by atoms with Crippen molar-refractivity contribution < 1.29 is 21.8 Å². The van der Waals surface area contributed by atoms with Crippen molar-refractivity contribution in [1.29, 1.82) is 0 Å². The third kappa shape index (κ3) is 3.93. The van der Waals surface area contributed by atoms with Gasteiger partial charge in [0.1, 0.15) is 11.0 Å². The fraction of sp³-hybridized carbons (Fsp3) is 0.500. The Morgan fingerprint density at radius 1 is 1.00 bits per heavy atom. The number of aromatic nitrogens is 2. The zero-order valence-electron chi connectivity index (χ0n) is 12.8. The van der Waals surface area contributed by atoms with Gasteiger partial charge in [-0.3, -0.25) is 4.90 Å². The summed E-state index contributed by atoms with van der Waals surface area (Å²) in [6.45, 7) is 2.38. The van der Waals surface area contributed by atoms with Gasteiger partial charge in [-0.05, 0) is 31.4 Å². The molecule has 0 aliphatic carbocycles. The highest BCUT2D eigenvalue weighted by Gasteiger charge is 2.26. The number of anilines is 1. The van der Waals surface area contributed by atoms with Crippen LogP contribution in [-0.2, 0) is 14.1 Å². The largest absolute Gasteiger partial charge is 0.673 e. The summed E-state index contributed by atoms with van der Waals surface area (Å²) in [5, 5.41) is 0. The second-order valence-electron chi connectivity index (χ2n) is 5.45. The van der Waals surface area contributed by atoms with Gasteiger partial charge in [-0.15, -0.1) is 0 Å². The van der Waals surface area contributed by atoms with E-state index in [0.29, 0.717) is 0 Å². The molecule has 1 aliphatic rings. The van der Waals surface area contributed by atoms with Gasteiger partial charge in [0.15, 0.2) is 0 Å². The Morgan fingerprint density at radius 2 is 1.55 bits per heavy atom. The standard InChI is InChI=1S/C14H20N3.BF4/c1-15-12-8-4-5-9-13(12)16(2)14(15)17-10-6-3-7-11-17;2-1(3,4)5/h4-5,8-9H,3,6-7,10-11H2,1-2H3;/q+1;-1. The van der Waals surface area contributed by atoms with Crippen LogP contribution in [0.3, 0.4) is 0 Å². The van der Waals surface area contributed by atoms with Crippen molar-refractivity contribution in [2.24, 2.45) is 14.1 Å². The molecule has 22 heavy (non-hydrogen) atoms. The molecular weight excluding hydrogens is 297 g/mol. The molecule has 2 heterocycles. The number of piperidine rings is 1. The maximum Gasteiger partial charge on any atom is 0.673 e. The molecule has 0 radical (unpaired) electrons. The van der Waals surface area contributed by atoms with E-state index in [-0.39, 0.29) is 0 Å². The number of para-hydroxylation sites is 2. The van der Waals surface area contributed by atoms with Crippen LogP contribution in [0.15, 0.2) is 24.3 Å². The summed E-state index contributed by atoms with van der Waals surface area (Å²) in [7, 11) is -1.65. The van der Waals surface area contributed by atoms with Crippen molar-refractivity contribution in [3.05, 3.63) is 24.3 Å². The van der Waals surface area contributed by atoms with E-state index in [1.165, 1.54) is 49.3 Å². The van der Waals surface area contributed by atoms with E-state index < -0.39 is 7.25 Å². The van der Waals surface area contributed by atoms with Crippen molar-refractivity contribution in [1.82, 2.24) is 4.57 Å². The van der Waals surface area contributed by atoms with Crippen molar-refractivity contribution in [2.75, 3.05) is 18.0 Å². The van der Waals surface area contributed by atoms with E-state index in [4.69, 9.17) is 0 Å². The minimum atomic E-state index is -6.00. The van der Waals surface area contributed by atoms with Crippen LogP contribution in [0.5, 0.6) is 0 Å². The molecule has 0 N–H and O–H groups in total. The molecule has 2 aromatic rings. The van der Waals surface area contributed by atoms with Gasteiger partial charge in [0.05, 0.1) is 27.2 Å². The summed E-state index contributed by atoms with van der Waals surface area (Å²) in [4.78, 5) is 2.52. The third-order valence-corrected chi connectivity index (χ3v) is 3.84. The molecule has 0 saturated carbocycles. The van der Waals surface area contributed by atoms with E-state index in [1.807, 2.05) is 0 Å². The molecule has 3 nitrogen and oxygen atoms in total. The van der Waals surface area contributed by atoms with E-state index in [2.05, 4.69) is 52.4 Å². The first-order valence-electron chi connectivity index (χ1n) is 7.35. The summed E-state index contributed by atoms with van der Waals surface area (Å²) in [6.07, 6.45) is 4.02. The first-order chi connectivity index (χ1) is 10.3. The Hall–Kier alpha value is -1.73. The molecule has 1 saturated heterocycles. The molecule has 0 amide bonds. The Morgan fingerprint density at radius 3 is 2.09 bits per heavy atom. The van der Waals surface area contributed by atoms with Gasteiger partial charge >= 0.3 is 13.2 Å². The fourth-order valence-electron chi connectivity index (χ4n) is 2.99. The number of benzene rings is 1. The lowest BCUT2D eigenvalue weighted by molar-refractivity contribution is -0.632. The summed E-state index contributed by atoms with van der Waals surface area (Å²) < 4.78 is 43.6. The predicted molar refractivity (Wildman–Crippen MR) is 80.3 cm³/mol. The maximum atomic E-state index is 9.75. The zero-order chi connectivity index (χ0) is 16.3. The number of hydrogen-bond donors (Lipinski definition) is 0. The quantitative estimate of drug-likeness (QED) is 0.446. The lowest BCUT2D eigenvalue weighted by Gasteiger charge is -2.22. The Balaban J connectivity index is 0.000000309. The van der Waals surface area contributed by atoms with E-state index >= 15 is 0 Å². The van der Waals surface area contributed by atoms with Gasteiger partial charge in [-0.2, -0.15) is 0 Å². The zero-order valence-corrected chi connectivity index (χ0v) is 12.8. The van der Waals surface area contributed by atoms with Gasteiger partial charge in [0, 0.05) is 0 Å².